The highest BCUT2D eigenvalue weighted by Crippen LogP contribution is 2.26. The molecule has 1 N–H and O–H groups in total. The second-order valence-corrected chi connectivity index (χ2v) is 5.51. The van der Waals surface area contributed by atoms with Crippen LogP contribution in [0.1, 0.15) is 17.7 Å². The summed E-state index contributed by atoms with van der Waals surface area (Å²) in [6.07, 6.45) is 4.03. The zero-order valence-corrected chi connectivity index (χ0v) is 12.5. The Morgan fingerprint density at radius 3 is 2.95 bits per heavy atom. The van der Waals surface area contributed by atoms with Crippen molar-refractivity contribution in [3.63, 3.8) is 0 Å². The van der Waals surface area contributed by atoms with Crippen LogP contribution in [0.2, 0.25) is 0 Å². The van der Waals surface area contributed by atoms with Crippen LogP contribution in [0, 0.1) is 5.92 Å². The molecule has 1 amide bonds. The monoisotopic (exact) mass is 296 g/mol. The molecule has 0 saturated heterocycles. The third-order valence-corrected chi connectivity index (χ3v) is 3.94. The Morgan fingerprint density at radius 2 is 2.09 bits per heavy atom. The molecule has 4 nitrogen and oxygen atoms in total. The minimum Gasteiger partial charge on any atom is -0.493 e. The smallest absolute Gasteiger partial charge is 0.223 e. The SMILES string of the molecule is O=C(NCCc1ccccn1)[C@H]1CCOc2ccccc2C1. The summed E-state index contributed by atoms with van der Waals surface area (Å²) in [5.41, 5.74) is 2.11. The highest BCUT2D eigenvalue weighted by Gasteiger charge is 2.23. The minimum atomic E-state index is -0.0209. The van der Waals surface area contributed by atoms with E-state index in [2.05, 4.69) is 10.3 Å². The van der Waals surface area contributed by atoms with Crippen molar-refractivity contribution < 1.29 is 9.53 Å². The summed E-state index contributed by atoms with van der Waals surface area (Å²) in [5, 5.41) is 3.02. The van der Waals surface area contributed by atoms with Gasteiger partial charge in [0.1, 0.15) is 5.75 Å². The lowest BCUT2D eigenvalue weighted by molar-refractivity contribution is -0.125. The normalized spacial score (nSPS) is 17.0. The Bertz CT molecular complexity index is 628. The van der Waals surface area contributed by atoms with Crippen molar-refractivity contribution in [2.75, 3.05) is 13.2 Å². The highest BCUT2D eigenvalue weighted by molar-refractivity contribution is 5.79. The van der Waals surface area contributed by atoms with Crippen molar-refractivity contribution in [1.29, 1.82) is 0 Å². The number of benzene rings is 1. The third-order valence-electron chi connectivity index (χ3n) is 3.94. The van der Waals surface area contributed by atoms with Crippen LogP contribution >= 0.6 is 0 Å². The van der Waals surface area contributed by atoms with Crippen LogP contribution in [0.3, 0.4) is 0 Å². The van der Waals surface area contributed by atoms with Gasteiger partial charge in [-0.25, -0.2) is 0 Å². The number of carbonyl (C=O) groups is 1. The van der Waals surface area contributed by atoms with E-state index in [0.717, 1.165) is 36.3 Å². The predicted octanol–water partition coefficient (Wildman–Crippen LogP) is 2.38. The van der Waals surface area contributed by atoms with Crippen LogP contribution in [0.4, 0.5) is 0 Å². The average Bonchev–Trinajstić information content (AvgIpc) is 2.78. The first-order valence-corrected chi connectivity index (χ1v) is 7.71. The van der Waals surface area contributed by atoms with E-state index in [9.17, 15) is 4.79 Å². The number of fused-ring (bicyclic) bond motifs is 1. The van der Waals surface area contributed by atoms with E-state index in [0.29, 0.717) is 13.2 Å². The maximum Gasteiger partial charge on any atom is 0.223 e. The lowest BCUT2D eigenvalue weighted by atomic mass is 9.96. The van der Waals surface area contributed by atoms with Crippen LogP contribution in [-0.2, 0) is 17.6 Å². The molecule has 0 spiro atoms. The van der Waals surface area contributed by atoms with Gasteiger partial charge in [-0.1, -0.05) is 24.3 Å². The molecule has 1 aromatic heterocycles. The van der Waals surface area contributed by atoms with Crippen LogP contribution in [0.5, 0.6) is 5.75 Å². The van der Waals surface area contributed by atoms with E-state index in [-0.39, 0.29) is 11.8 Å². The molecule has 0 aliphatic carbocycles. The number of hydrogen-bond donors (Lipinski definition) is 1. The van der Waals surface area contributed by atoms with Gasteiger partial charge in [0.25, 0.3) is 0 Å². The summed E-state index contributed by atoms with van der Waals surface area (Å²) in [6, 6.07) is 13.8. The minimum absolute atomic E-state index is 0.0209. The van der Waals surface area contributed by atoms with Gasteiger partial charge in [0.2, 0.25) is 5.91 Å². The Labute approximate surface area is 130 Å². The summed E-state index contributed by atoms with van der Waals surface area (Å²) in [4.78, 5) is 16.6. The van der Waals surface area contributed by atoms with Crippen LogP contribution < -0.4 is 10.1 Å². The molecule has 1 atom stereocenters. The Kier molecular flexibility index (Phi) is 4.68. The maximum atomic E-state index is 12.4. The number of nitrogens with zero attached hydrogens (tertiary/aromatic N) is 1. The number of hydrogen-bond acceptors (Lipinski definition) is 3. The first-order chi connectivity index (χ1) is 10.8. The number of para-hydroxylation sites is 1. The first-order valence-electron chi connectivity index (χ1n) is 7.71. The van der Waals surface area contributed by atoms with Gasteiger partial charge < -0.3 is 10.1 Å². The Morgan fingerprint density at radius 1 is 1.23 bits per heavy atom. The van der Waals surface area contributed by atoms with Crippen LogP contribution in [-0.4, -0.2) is 24.0 Å². The summed E-state index contributed by atoms with van der Waals surface area (Å²) >= 11 is 0. The molecule has 1 aliphatic rings. The summed E-state index contributed by atoms with van der Waals surface area (Å²) < 4.78 is 5.71. The first kappa shape index (κ1) is 14.6. The number of carbonyl (C=O) groups excluding carboxylic acids is 1. The molecule has 2 heterocycles. The van der Waals surface area contributed by atoms with Crippen molar-refractivity contribution >= 4 is 5.91 Å². The van der Waals surface area contributed by atoms with Crippen molar-refractivity contribution in [2.45, 2.75) is 19.3 Å². The van der Waals surface area contributed by atoms with Gasteiger partial charge in [-0.05, 0) is 36.6 Å². The van der Waals surface area contributed by atoms with Gasteiger partial charge in [-0.3, -0.25) is 9.78 Å². The topological polar surface area (TPSA) is 51.2 Å². The second-order valence-electron chi connectivity index (χ2n) is 5.51. The fourth-order valence-electron chi connectivity index (χ4n) is 2.72. The second kappa shape index (κ2) is 7.07. The molecular weight excluding hydrogens is 276 g/mol. The summed E-state index contributed by atoms with van der Waals surface area (Å²) in [5.74, 6) is 0.995. The van der Waals surface area contributed by atoms with Crippen LogP contribution in [0.25, 0.3) is 0 Å². The van der Waals surface area contributed by atoms with Crippen molar-refractivity contribution in [3.8, 4) is 5.75 Å². The third kappa shape index (κ3) is 3.64. The van der Waals surface area contributed by atoms with E-state index < -0.39 is 0 Å². The zero-order valence-electron chi connectivity index (χ0n) is 12.5. The number of ether oxygens (including phenoxy) is 1. The largest absolute Gasteiger partial charge is 0.493 e. The van der Waals surface area contributed by atoms with Gasteiger partial charge in [0, 0.05) is 30.8 Å². The number of rotatable bonds is 4. The van der Waals surface area contributed by atoms with Gasteiger partial charge in [0.05, 0.1) is 6.61 Å². The van der Waals surface area contributed by atoms with Gasteiger partial charge >= 0.3 is 0 Å². The predicted molar refractivity (Wildman–Crippen MR) is 84.7 cm³/mol. The summed E-state index contributed by atoms with van der Waals surface area (Å²) in [6.45, 7) is 1.21. The molecule has 0 unspecified atom stereocenters. The fourth-order valence-corrected chi connectivity index (χ4v) is 2.72. The average molecular weight is 296 g/mol. The van der Waals surface area contributed by atoms with E-state index in [4.69, 9.17) is 4.74 Å². The van der Waals surface area contributed by atoms with Crippen LogP contribution in [0.15, 0.2) is 48.7 Å². The quantitative estimate of drug-likeness (QED) is 0.942. The number of aromatic nitrogens is 1. The molecule has 114 valence electrons. The standard InChI is InChI=1S/C18H20N2O2/c21-18(20-11-8-16-6-3-4-10-19-16)15-9-12-22-17-7-2-1-5-14(17)13-15/h1-7,10,15H,8-9,11-13H2,(H,20,21)/t15-/m0/s1. The molecular formula is C18H20N2O2. The van der Waals surface area contributed by atoms with Gasteiger partial charge in [0.15, 0.2) is 0 Å². The lowest BCUT2D eigenvalue weighted by Gasteiger charge is -2.13. The van der Waals surface area contributed by atoms with Gasteiger partial charge in [-0.2, -0.15) is 0 Å². The number of nitrogens with one attached hydrogen (secondary N) is 1. The molecule has 22 heavy (non-hydrogen) atoms. The highest BCUT2D eigenvalue weighted by atomic mass is 16.5. The van der Waals surface area contributed by atoms with Gasteiger partial charge in [-0.15, -0.1) is 0 Å². The molecule has 4 heteroatoms. The Hall–Kier alpha value is -2.36. The zero-order chi connectivity index (χ0) is 15.2. The Balaban J connectivity index is 1.54. The molecule has 1 aromatic carbocycles. The van der Waals surface area contributed by atoms with E-state index >= 15 is 0 Å². The molecule has 1 aliphatic heterocycles. The van der Waals surface area contributed by atoms with E-state index in [1.54, 1.807) is 6.20 Å². The maximum absolute atomic E-state index is 12.4. The fraction of sp³-hybridized carbons (Fsp3) is 0.333. The molecule has 2 aromatic rings. The molecule has 3 rings (SSSR count). The van der Waals surface area contributed by atoms with Crippen molar-refractivity contribution in [2.24, 2.45) is 5.92 Å². The molecule has 0 radical (unpaired) electrons. The van der Waals surface area contributed by atoms with E-state index in [1.165, 1.54) is 0 Å². The molecule has 0 bridgehead atoms. The molecule has 0 saturated carbocycles. The van der Waals surface area contributed by atoms with Crippen molar-refractivity contribution in [3.05, 3.63) is 59.9 Å². The van der Waals surface area contributed by atoms with Crippen molar-refractivity contribution in [1.82, 2.24) is 10.3 Å². The number of amides is 1. The summed E-state index contributed by atoms with van der Waals surface area (Å²) in [7, 11) is 0. The van der Waals surface area contributed by atoms with E-state index in [1.807, 2.05) is 42.5 Å². The molecule has 0 fully saturated rings. The lowest BCUT2D eigenvalue weighted by Crippen LogP contribution is -2.33. The number of pyridine rings is 1.